The smallest absolute Gasteiger partial charge is 0.283 e. The lowest BCUT2D eigenvalue weighted by atomic mass is 10.1. The second-order valence-corrected chi connectivity index (χ2v) is 8.22. The zero-order chi connectivity index (χ0) is 22.0. The van der Waals surface area contributed by atoms with Crippen molar-refractivity contribution in [2.24, 2.45) is 0 Å². The highest BCUT2D eigenvalue weighted by Gasteiger charge is 2.40. The summed E-state index contributed by atoms with van der Waals surface area (Å²) in [6, 6.07) is 22.4. The lowest BCUT2D eigenvalue weighted by Crippen LogP contribution is -2.33. The summed E-state index contributed by atoms with van der Waals surface area (Å²) in [6.07, 6.45) is 0. The van der Waals surface area contributed by atoms with Crippen molar-refractivity contribution in [3.8, 4) is 5.75 Å². The van der Waals surface area contributed by atoms with Gasteiger partial charge in [0, 0.05) is 10.6 Å². The molecule has 0 saturated heterocycles. The molecule has 0 bridgehead atoms. The molecule has 31 heavy (non-hydrogen) atoms. The summed E-state index contributed by atoms with van der Waals surface area (Å²) in [4.78, 5) is 29.4. The number of methoxy groups -OCH3 is 1. The van der Waals surface area contributed by atoms with Crippen molar-refractivity contribution in [3.63, 3.8) is 0 Å². The van der Waals surface area contributed by atoms with Crippen molar-refractivity contribution >= 4 is 35.0 Å². The van der Waals surface area contributed by atoms with Gasteiger partial charge in [-0.2, -0.15) is 0 Å². The van der Waals surface area contributed by atoms with Gasteiger partial charge < -0.3 is 10.1 Å². The lowest BCUT2D eigenvalue weighted by Gasteiger charge is -2.19. The van der Waals surface area contributed by atoms with E-state index in [4.69, 9.17) is 4.74 Å². The summed E-state index contributed by atoms with van der Waals surface area (Å²) in [5.41, 5.74) is 3.49. The van der Waals surface area contributed by atoms with E-state index in [0.717, 1.165) is 16.0 Å². The Morgan fingerprint density at radius 1 is 0.839 bits per heavy atom. The molecule has 6 heteroatoms. The van der Waals surface area contributed by atoms with E-state index in [9.17, 15) is 9.59 Å². The van der Waals surface area contributed by atoms with Crippen molar-refractivity contribution in [1.29, 1.82) is 0 Å². The maximum Gasteiger partial charge on any atom is 0.283 e. The standard InChI is InChI=1S/C25H22N2O3S/c1-16-8-7-11-21(17(16)2)27-24(28)22(26-18-12-14-19(30-3)15-13-18)23(25(27)29)31-20-9-5-4-6-10-20/h4-15,26H,1-3H3. The van der Waals surface area contributed by atoms with Gasteiger partial charge in [0.2, 0.25) is 0 Å². The normalized spacial score (nSPS) is 13.7. The van der Waals surface area contributed by atoms with Gasteiger partial charge in [-0.25, -0.2) is 4.90 Å². The summed E-state index contributed by atoms with van der Waals surface area (Å²) in [6.45, 7) is 3.89. The minimum Gasteiger partial charge on any atom is -0.497 e. The predicted octanol–water partition coefficient (Wildman–Crippen LogP) is 5.30. The molecule has 156 valence electrons. The first-order chi connectivity index (χ1) is 15.0. The van der Waals surface area contributed by atoms with Gasteiger partial charge in [-0.05, 0) is 67.4 Å². The fraction of sp³-hybridized carbons (Fsp3) is 0.120. The van der Waals surface area contributed by atoms with Gasteiger partial charge in [-0.1, -0.05) is 42.1 Å². The molecule has 1 aliphatic rings. The summed E-state index contributed by atoms with van der Waals surface area (Å²) in [7, 11) is 1.60. The van der Waals surface area contributed by atoms with E-state index < -0.39 is 0 Å². The summed E-state index contributed by atoms with van der Waals surface area (Å²) in [5, 5.41) is 3.17. The molecule has 0 unspecified atom stereocenters. The fourth-order valence-corrected chi connectivity index (χ4v) is 4.28. The molecule has 0 aliphatic carbocycles. The van der Waals surface area contributed by atoms with E-state index >= 15 is 0 Å². The zero-order valence-electron chi connectivity index (χ0n) is 17.5. The van der Waals surface area contributed by atoms with Gasteiger partial charge in [-0.3, -0.25) is 9.59 Å². The highest BCUT2D eigenvalue weighted by Crippen LogP contribution is 2.39. The quantitative estimate of drug-likeness (QED) is 0.538. The first-order valence-electron chi connectivity index (χ1n) is 9.83. The van der Waals surface area contributed by atoms with E-state index in [0.29, 0.717) is 22.0 Å². The highest BCUT2D eigenvalue weighted by atomic mass is 32.2. The molecule has 5 nitrogen and oxygen atoms in total. The lowest BCUT2D eigenvalue weighted by molar-refractivity contribution is -0.120. The molecule has 1 heterocycles. The third kappa shape index (κ3) is 4.07. The number of imide groups is 1. The number of nitrogens with one attached hydrogen (secondary N) is 1. The molecule has 0 saturated carbocycles. The fourth-order valence-electron chi connectivity index (χ4n) is 3.34. The topological polar surface area (TPSA) is 58.6 Å². The number of carbonyl (C=O) groups excluding carboxylic acids is 2. The van der Waals surface area contributed by atoms with E-state index in [1.54, 1.807) is 25.3 Å². The number of amides is 2. The predicted molar refractivity (Wildman–Crippen MR) is 124 cm³/mol. The molecule has 1 N–H and O–H groups in total. The number of hydrogen-bond donors (Lipinski definition) is 1. The van der Waals surface area contributed by atoms with Crippen LogP contribution in [0.1, 0.15) is 11.1 Å². The van der Waals surface area contributed by atoms with Crippen LogP contribution in [0.5, 0.6) is 5.75 Å². The molecule has 0 atom stereocenters. The number of benzene rings is 3. The minimum absolute atomic E-state index is 0.268. The Morgan fingerprint density at radius 3 is 2.23 bits per heavy atom. The molecule has 3 aromatic rings. The van der Waals surface area contributed by atoms with Crippen LogP contribution in [0.3, 0.4) is 0 Å². The first-order valence-corrected chi connectivity index (χ1v) is 10.6. The number of carbonyl (C=O) groups is 2. The van der Waals surface area contributed by atoms with Gasteiger partial charge in [0.1, 0.15) is 16.4 Å². The van der Waals surface area contributed by atoms with Crippen LogP contribution in [-0.4, -0.2) is 18.9 Å². The third-order valence-electron chi connectivity index (χ3n) is 5.18. The molecule has 0 fully saturated rings. The molecular formula is C25H22N2O3S. The average Bonchev–Trinajstić information content (AvgIpc) is 3.01. The molecule has 0 spiro atoms. The molecule has 2 amide bonds. The maximum atomic E-state index is 13.5. The van der Waals surface area contributed by atoms with Crippen LogP contribution in [0.25, 0.3) is 0 Å². The number of rotatable bonds is 6. The van der Waals surface area contributed by atoms with Gasteiger partial charge in [-0.15, -0.1) is 0 Å². The molecule has 3 aromatic carbocycles. The highest BCUT2D eigenvalue weighted by molar-refractivity contribution is 8.04. The van der Waals surface area contributed by atoms with Crippen molar-refractivity contribution in [1.82, 2.24) is 0 Å². The van der Waals surface area contributed by atoms with E-state index in [-0.39, 0.29) is 17.5 Å². The second-order valence-electron chi connectivity index (χ2n) is 7.14. The Kier molecular flexibility index (Phi) is 5.82. The molecule has 0 radical (unpaired) electrons. The Morgan fingerprint density at radius 2 is 1.55 bits per heavy atom. The number of aryl methyl sites for hydroxylation is 1. The van der Waals surface area contributed by atoms with Crippen LogP contribution in [0.2, 0.25) is 0 Å². The Bertz CT molecular complexity index is 1170. The molecule has 4 rings (SSSR count). The van der Waals surface area contributed by atoms with Crippen LogP contribution in [-0.2, 0) is 9.59 Å². The van der Waals surface area contributed by atoms with Crippen molar-refractivity contribution < 1.29 is 14.3 Å². The van der Waals surface area contributed by atoms with Crippen LogP contribution < -0.4 is 15.0 Å². The van der Waals surface area contributed by atoms with Crippen molar-refractivity contribution in [2.75, 3.05) is 17.3 Å². The Balaban J connectivity index is 1.75. The van der Waals surface area contributed by atoms with Crippen LogP contribution >= 0.6 is 11.8 Å². The zero-order valence-corrected chi connectivity index (χ0v) is 18.3. The second kappa shape index (κ2) is 8.70. The van der Waals surface area contributed by atoms with Crippen molar-refractivity contribution in [2.45, 2.75) is 18.7 Å². The third-order valence-corrected chi connectivity index (χ3v) is 6.27. The van der Waals surface area contributed by atoms with Crippen LogP contribution in [0.15, 0.2) is 88.3 Å². The number of ether oxygens (including phenoxy) is 1. The minimum atomic E-state index is -0.368. The SMILES string of the molecule is COc1ccc(NC2=C(Sc3ccccc3)C(=O)N(c3cccc(C)c3C)C2=O)cc1. The van der Waals surface area contributed by atoms with Gasteiger partial charge in [0.15, 0.2) is 0 Å². The molecular weight excluding hydrogens is 408 g/mol. The monoisotopic (exact) mass is 430 g/mol. The number of thioether (sulfide) groups is 1. The number of anilines is 2. The number of nitrogens with zero attached hydrogens (tertiary/aromatic N) is 1. The number of hydrogen-bond acceptors (Lipinski definition) is 5. The van der Waals surface area contributed by atoms with Gasteiger partial charge in [0.05, 0.1) is 12.8 Å². The Labute approximate surface area is 185 Å². The average molecular weight is 431 g/mol. The van der Waals surface area contributed by atoms with E-state index in [2.05, 4.69) is 5.32 Å². The molecule has 1 aliphatic heterocycles. The summed E-state index contributed by atoms with van der Waals surface area (Å²) >= 11 is 1.29. The summed E-state index contributed by atoms with van der Waals surface area (Å²) in [5.74, 6) is 0.0146. The van der Waals surface area contributed by atoms with Crippen LogP contribution in [0.4, 0.5) is 11.4 Å². The maximum absolute atomic E-state index is 13.5. The van der Waals surface area contributed by atoms with Gasteiger partial charge in [0.25, 0.3) is 11.8 Å². The largest absolute Gasteiger partial charge is 0.497 e. The van der Waals surface area contributed by atoms with Gasteiger partial charge >= 0.3 is 0 Å². The summed E-state index contributed by atoms with van der Waals surface area (Å²) < 4.78 is 5.20. The Hall–Kier alpha value is -3.51. The van der Waals surface area contributed by atoms with E-state index in [1.165, 1.54) is 16.7 Å². The van der Waals surface area contributed by atoms with E-state index in [1.807, 2.05) is 68.4 Å². The molecule has 0 aromatic heterocycles. The van der Waals surface area contributed by atoms with Crippen LogP contribution in [0, 0.1) is 13.8 Å². The van der Waals surface area contributed by atoms with Crippen molar-refractivity contribution in [3.05, 3.63) is 94.5 Å². The first kappa shape index (κ1) is 20.8.